The Hall–Kier alpha value is -1.82. The van der Waals surface area contributed by atoms with Gasteiger partial charge in [-0.1, -0.05) is 0 Å². The van der Waals surface area contributed by atoms with E-state index in [4.69, 9.17) is 17.0 Å². The molecule has 0 aliphatic carbocycles. The summed E-state index contributed by atoms with van der Waals surface area (Å²) in [5.74, 6) is 0.768. The topological polar surface area (TPSA) is 62.8 Å². The second kappa shape index (κ2) is 4.36. The van der Waals surface area contributed by atoms with Crippen LogP contribution in [-0.2, 0) is 0 Å². The normalized spacial score (nSPS) is 10.3. The van der Waals surface area contributed by atoms with Gasteiger partial charge in [-0.2, -0.15) is 0 Å². The van der Waals surface area contributed by atoms with E-state index in [9.17, 15) is 4.79 Å². The molecule has 0 spiro atoms. The average Bonchev–Trinajstić information content (AvgIpc) is 2.61. The third-order valence-corrected chi connectivity index (χ3v) is 2.37. The van der Waals surface area contributed by atoms with E-state index < -0.39 is 0 Å². The molecular weight excluding hydrogens is 226 g/mol. The van der Waals surface area contributed by atoms with Crippen LogP contribution in [0.2, 0.25) is 0 Å². The van der Waals surface area contributed by atoms with Gasteiger partial charge in [0, 0.05) is 0 Å². The third kappa shape index (κ3) is 1.92. The van der Waals surface area contributed by atoms with Crippen molar-refractivity contribution in [1.29, 1.82) is 0 Å². The highest BCUT2D eigenvalue weighted by molar-refractivity contribution is 7.71. The van der Waals surface area contributed by atoms with Crippen LogP contribution in [0.5, 0.6) is 5.75 Å². The van der Waals surface area contributed by atoms with E-state index in [-0.39, 0.29) is 5.69 Å². The first-order valence-electron chi connectivity index (χ1n) is 4.85. The first-order chi connectivity index (χ1) is 7.72. The number of benzene rings is 1. The van der Waals surface area contributed by atoms with Gasteiger partial charge in [0.15, 0.2) is 0 Å². The molecule has 5 nitrogen and oxygen atoms in total. The fourth-order valence-electron chi connectivity index (χ4n) is 1.40. The fraction of sp³-hybridized carbons (Fsp3) is 0.200. The lowest BCUT2D eigenvalue weighted by Gasteiger charge is -2.04. The van der Waals surface area contributed by atoms with Crippen molar-refractivity contribution in [3.63, 3.8) is 0 Å². The molecule has 84 valence electrons. The summed E-state index contributed by atoms with van der Waals surface area (Å²) in [6.45, 7) is 2.53. The van der Waals surface area contributed by atoms with Crippen LogP contribution in [0.3, 0.4) is 0 Å². The molecule has 0 saturated heterocycles. The lowest BCUT2D eigenvalue weighted by molar-refractivity contribution is 0.340. The smallest absolute Gasteiger partial charge is 0.347 e. The predicted octanol–water partition coefficient (Wildman–Crippen LogP) is 1.62. The van der Waals surface area contributed by atoms with E-state index in [1.54, 1.807) is 24.3 Å². The molecule has 0 bridgehead atoms. The van der Waals surface area contributed by atoms with Gasteiger partial charge in [-0.25, -0.2) is 14.5 Å². The summed E-state index contributed by atoms with van der Waals surface area (Å²) in [5.41, 5.74) is 0.421. The summed E-state index contributed by atoms with van der Waals surface area (Å²) >= 11 is 4.98. The SMILES string of the molecule is CCOc1ccc(-n2c(=O)[nH][nH]c2=S)cc1. The van der Waals surface area contributed by atoms with Crippen LogP contribution in [0, 0.1) is 4.77 Å². The van der Waals surface area contributed by atoms with Gasteiger partial charge in [0.1, 0.15) is 5.75 Å². The highest BCUT2D eigenvalue weighted by atomic mass is 32.1. The summed E-state index contributed by atoms with van der Waals surface area (Å²) in [7, 11) is 0. The van der Waals surface area contributed by atoms with Crippen molar-refractivity contribution < 1.29 is 4.74 Å². The van der Waals surface area contributed by atoms with Gasteiger partial charge in [0.2, 0.25) is 4.77 Å². The van der Waals surface area contributed by atoms with Crippen molar-refractivity contribution in [2.75, 3.05) is 6.61 Å². The van der Waals surface area contributed by atoms with Gasteiger partial charge in [-0.05, 0) is 43.4 Å². The molecule has 2 rings (SSSR count). The van der Waals surface area contributed by atoms with Crippen molar-refractivity contribution in [2.45, 2.75) is 6.92 Å². The number of aromatic amines is 2. The number of nitrogens with one attached hydrogen (secondary N) is 2. The molecule has 2 N–H and O–H groups in total. The molecule has 0 unspecified atom stereocenters. The van der Waals surface area contributed by atoms with E-state index in [1.165, 1.54) is 4.57 Å². The van der Waals surface area contributed by atoms with Crippen molar-refractivity contribution in [2.24, 2.45) is 0 Å². The van der Waals surface area contributed by atoms with Crippen LogP contribution >= 0.6 is 12.2 Å². The molecule has 0 radical (unpaired) electrons. The predicted molar refractivity (Wildman–Crippen MR) is 62.7 cm³/mol. The Morgan fingerprint density at radius 1 is 1.31 bits per heavy atom. The quantitative estimate of drug-likeness (QED) is 0.797. The zero-order chi connectivity index (χ0) is 11.5. The number of hydrogen-bond donors (Lipinski definition) is 2. The molecule has 16 heavy (non-hydrogen) atoms. The minimum Gasteiger partial charge on any atom is -0.494 e. The molecule has 2 aromatic rings. The number of aromatic nitrogens is 3. The Morgan fingerprint density at radius 3 is 2.50 bits per heavy atom. The van der Waals surface area contributed by atoms with Crippen LogP contribution in [0.15, 0.2) is 29.1 Å². The molecule has 0 saturated carbocycles. The van der Waals surface area contributed by atoms with Crippen molar-refractivity contribution >= 4 is 12.2 Å². The van der Waals surface area contributed by atoms with E-state index in [1.807, 2.05) is 6.92 Å². The molecule has 0 fully saturated rings. The molecule has 1 aromatic carbocycles. The maximum absolute atomic E-state index is 11.4. The highest BCUT2D eigenvalue weighted by Crippen LogP contribution is 2.14. The van der Waals surface area contributed by atoms with E-state index in [2.05, 4.69) is 10.2 Å². The molecule has 0 atom stereocenters. The van der Waals surface area contributed by atoms with Crippen molar-refractivity contribution in [1.82, 2.24) is 14.8 Å². The molecule has 1 heterocycles. The van der Waals surface area contributed by atoms with Gasteiger partial charge < -0.3 is 4.74 Å². The minimum absolute atomic E-state index is 0.283. The summed E-state index contributed by atoms with van der Waals surface area (Å²) < 4.78 is 7.03. The van der Waals surface area contributed by atoms with Gasteiger partial charge in [0.05, 0.1) is 12.3 Å². The standard InChI is InChI=1S/C10H11N3O2S/c1-2-15-8-5-3-7(4-6-8)13-9(14)11-12-10(13)16/h3-6H,2H2,1H3,(H,11,14)(H,12,16). The van der Waals surface area contributed by atoms with Crippen LogP contribution in [0.1, 0.15) is 6.92 Å². The van der Waals surface area contributed by atoms with Gasteiger partial charge >= 0.3 is 5.69 Å². The highest BCUT2D eigenvalue weighted by Gasteiger charge is 2.03. The zero-order valence-electron chi connectivity index (χ0n) is 8.69. The monoisotopic (exact) mass is 237 g/mol. The number of ether oxygens (including phenoxy) is 1. The second-order valence-electron chi connectivity index (χ2n) is 3.12. The maximum atomic E-state index is 11.4. The van der Waals surface area contributed by atoms with Crippen LogP contribution < -0.4 is 10.4 Å². The number of hydrogen-bond acceptors (Lipinski definition) is 3. The molecular formula is C10H11N3O2S. The van der Waals surface area contributed by atoms with E-state index >= 15 is 0 Å². The Morgan fingerprint density at radius 2 is 2.00 bits per heavy atom. The molecule has 1 aromatic heterocycles. The molecule has 6 heteroatoms. The Kier molecular flexibility index (Phi) is 2.91. The summed E-state index contributed by atoms with van der Waals surface area (Å²) in [5, 5.41) is 5.01. The van der Waals surface area contributed by atoms with E-state index in [0.717, 1.165) is 5.75 Å². The first kappa shape index (κ1) is 10.7. The lowest BCUT2D eigenvalue weighted by atomic mass is 10.3. The first-order valence-corrected chi connectivity index (χ1v) is 5.26. The van der Waals surface area contributed by atoms with Crippen LogP contribution in [0.25, 0.3) is 5.69 Å². The average molecular weight is 237 g/mol. The summed E-state index contributed by atoms with van der Waals surface area (Å²) in [6, 6.07) is 7.16. The Bertz CT molecular complexity index is 552. The zero-order valence-corrected chi connectivity index (χ0v) is 9.50. The van der Waals surface area contributed by atoms with Gasteiger partial charge in [-0.3, -0.25) is 5.10 Å². The molecule has 0 aliphatic rings. The van der Waals surface area contributed by atoms with E-state index in [0.29, 0.717) is 17.1 Å². The van der Waals surface area contributed by atoms with Crippen LogP contribution in [-0.4, -0.2) is 21.4 Å². The number of nitrogens with zero attached hydrogens (tertiary/aromatic N) is 1. The maximum Gasteiger partial charge on any atom is 0.347 e. The Labute approximate surface area is 96.7 Å². The summed E-state index contributed by atoms with van der Waals surface area (Å²) in [4.78, 5) is 11.4. The summed E-state index contributed by atoms with van der Waals surface area (Å²) in [6.07, 6.45) is 0. The second-order valence-corrected chi connectivity index (χ2v) is 3.51. The lowest BCUT2D eigenvalue weighted by Crippen LogP contribution is -2.14. The van der Waals surface area contributed by atoms with Crippen molar-refractivity contribution in [3.05, 3.63) is 39.5 Å². The number of H-pyrrole nitrogens is 2. The molecule has 0 amide bonds. The largest absolute Gasteiger partial charge is 0.494 e. The third-order valence-electron chi connectivity index (χ3n) is 2.09. The molecule has 0 aliphatic heterocycles. The van der Waals surface area contributed by atoms with Gasteiger partial charge in [-0.15, -0.1) is 0 Å². The number of rotatable bonds is 3. The minimum atomic E-state index is -0.283. The van der Waals surface area contributed by atoms with Gasteiger partial charge in [0.25, 0.3) is 0 Å². The van der Waals surface area contributed by atoms with Crippen LogP contribution in [0.4, 0.5) is 0 Å². The Balaban J connectivity index is 2.43. The van der Waals surface area contributed by atoms with Crippen molar-refractivity contribution in [3.8, 4) is 11.4 Å². The fourth-order valence-corrected chi connectivity index (χ4v) is 1.64.